The fourth-order valence-electron chi connectivity index (χ4n) is 3.53. The van der Waals surface area contributed by atoms with E-state index in [-0.39, 0.29) is 11.1 Å². The lowest BCUT2D eigenvalue weighted by Crippen LogP contribution is -2.48. The predicted molar refractivity (Wildman–Crippen MR) is 93.3 cm³/mol. The van der Waals surface area contributed by atoms with E-state index in [1.54, 1.807) is 0 Å². The van der Waals surface area contributed by atoms with Gasteiger partial charge in [-0.1, -0.05) is 35.9 Å². The molecule has 1 aromatic carbocycles. The highest BCUT2D eigenvalue weighted by Gasteiger charge is 2.29. The standard InChI is InChI=1S/C20H29N/c1-14-12-15(2)17(13-14)16-10-8-9-11-18(16)20(6,7)21-19(3,4)5/h8-12,21H,13H2,1-7H3. The first-order chi connectivity index (χ1) is 9.60. The number of hydrogen-bond donors (Lipinski definition) is 1. The topological polar surface area (TPSA) is 12.0 Å². The van der Waals surface area contributed by atoms with Gasteiger partial charge in [-0.25, -0.2) is 0 Å². The quantitative estimate of drug-likeness (QED) is 0.779. The normalized spacial score (nSPS) is 16.4. The van der Waals surface area contributed by atoms with Crippen molar-refractivity contribution in [2.75, 3.05) is 0 Å². The van der Waals surface area contributed by atoms with Crippen LogP contribution in [-0.4, -0.2) is 5.54 Å². The molecule has 21 heavy (non-hydrogen) atoms. The number of hydrogen-bond acceptors (Lipinski definition) is 1. The molecular weight excluding hydrogens is 254 g/mol. The minimum absolute atomic E-state index is 0.0569. The lowest BCUT2D eigenvalue weighted by Gasteiger charge is -2.37. The molecule has 1 aliphatic carbocycles. The molecule has 0 saturated carbocycles. The summed E-state index contributed by atoms with van der Waals surface area (Å²) in [5.74, 6) is 0. The third-order valence-corrected chi connectivity index (χ3v) is 4.01. The fourth-order valence-corrected chi connectivity index (χ4v) is 3.53. The second kappa shape index (κ2) is 5.46. The van der Waals surface area contributed by atoms with Crippen molar-refractivity contribution >= 4 is 5.57 Å². The molecule has 1 N–H and O–H groups in total. The van der Waals surface area contributed by atoms with E-state index in [1.807, 2.05) is 0 Å². The van der Waals surface area contributed by atoms with Crippen LogP contribution in [-0.2, 0) is 5.54 Å². The van der Waals surface area contributed by atoms with E-state index in [4.69, 9.17) is 0 Å². The summed E-state index contributed by atoms with van der Waals surface area (Å²) in [5, 5.41) is 3.76. The minimum atomic E-state index is -0.0569. The van der Waals surface area contributed by atoms with Gasteiger partial charge in [-0.05, 0) is 77.2 Å². The monoisotopic (exact) mass is 283 g/mol. The number of rotatable bonds is 3. The van der Waals surface area contributed by atoms with Crippen molar-refractivity contribution in [1.82, 2.24) is 5.32 Å². The predicted octanol–water partition coefficient (Wildman–Crippen LogP) is 5.43. The lowest BCUT2D eigenvalue weighted by molar-refractivity contribution is 0.286. The maximum atomic E-state index is 3.76. The van der Waals surface area contributed by atoms with E-state index in [0.717, 1.165) is 6.42 Å². The van der Waals surface area contributed by atoms with Crippen LogP contribution in [0, 0.1) is 0 Å². The van der Waals surface area contributed by atoms with Crippen LogP contribution in [0.15, 0.2) is 41.5 Å². The van der Waals surface area contributed by atoms with Crippen molar-refractivity contribution in [2.45, 2.75) is 66.0 Å². The smallest absolute Gasteiger partial charge is 0.0387 e. The zero-order chi connectivity index (χ0) is 15.8. The lowest BCUT2D eigenvalue weighted by atomic mass is 9.84. The highest BCUT2D eigenvalue weighted by Crippen LogP contribution is 2.38. The maximum absolute atomic E-state index is 3.76. The zero-order valence-corrected chi connectivity index (χ0v) is 14.6. The summed E-state index contributed by atoms with van der Waals surface area (Å²) >= 11 is 0. The Labute approximate surface area is 130 Å². The summed E-state index contributed by atoms with van der Waals surface area (Å²) in [6.07, 6.45) is 3.39. The molecule has 1 aromatic rings. The van der Waals surface area contributed by atoms with Gasteiger partial charge in [0, 0.05) is 11.1 Å². The van der Waals surface area contributed by atoms with Crippen LogP contribution in [0.3, 0.4) is 0 Å². The Hall–Kier alpha value is -1.34. The molecule has 0 unspecified atom stereocenters. The zero-order valence-electron chi connectivity index (χ0n) is 14.6. The van der Waals surface area contributed by atoms with Crippen molar-refractivity contribution in [3.63, 3.8) is 0 Å². The molecule has 2 rings (SSSR count). The summed E-state index contributed by atoms with van der Waals surface area (Å²) in [5.41, 5.74) is 7.15. The highest BCUT2D eigenvalue weighted by molar-refractivity contribution is 5.78. The first kappa shape index (κ1) is 16.0. The third-order valence-electron chi connectivity index (χ3n) is 4.01. The van der Waals surface area contributed by atoms with Gasteiger partial charge in [0.2, 0.25) is 0 Å². The van der Waals surface area contributed by atoms with Gasteiger partial charge in [0.25, 0.3) is 0 Å². The molecule has 0 spiro atoms. The molecule has 1 heteroatoms. The molecule has 0 amide bonds. The van der Waals surface area contributed by atoms with Crippen LogP contribution < -0.4 is 5.32 Å². The Morgan fingerprint density at radius 1 is 0.952 bits per heavy atom. The second-order valence-electron chi connectivity index (χ2n) is 7.87. The Bertz CT molecular complexity index is 595. The van der Waals surface area contributed by atoms with Crippen molar-refractivity contribution in [3.05, 3.63) is 52.6 Å². The van der Waals surface area contributed by atoms with Crippen molar-refractivity contribution in [2.24, 2.45) is 0 Å². The molecule has 0 heterocycles. The van der Waals surface area contributed by atoms with Gasteiger partial charge in [-0.3, -0.25) is 0 Å². The summed E-state index contributed by atoms with van der Waals surface area (Å²) < 4.78 is 0. The van der Waals surface area contributed by atoms with Gasteiger partial charge in [0.15, 0.2) is 0 Å². The van der Waals surface area contributed by atoms with Gasteiger partial charge < -0.3 is 5.32 Å². The Kier molecular flexibility index (Phi) is 4.17. The molecule has 0 fully saturated rings. The molecule has 1 aliphatic rings. The molecular formula is C20H29N. The number of benzene rings is 1. The number of allylic oxidation sites excluding steroid dienone is 4. The van der Waals surface area contributed by atoms with Gasteiger partial charge in [0.05, 0.1) is 0 Å². The van der Waals surface area contributed by atoms with E-state index in [0.29, 0.717) is 0 Å². The Morgan fingerprint density at radius 2 is 1.57 bits per heavy atom. The van der Waals surface area contributed by atoms with Crippen molar-refractivity contribution in [3.8, 4) is 0 Å². The highest BCUT2D eigenvalue weighted by atomic mass is 15.0. The maximum Gasteiger partial charge on any atom is 0.0387 e. The third kappa shape index (κ3) is 3.65. The van der Waals surface area contributed by atoms with Crippen molar-refractivity contribution in [1.29, 1.82) is 0 Å². The van der Waals surface area contributed by atoms with E-state index in [2.05, 4.69) is 84.1 Å². The summed E-state index contributed by atoms with van der Waals surface area (Å²) in [4.78, 5) is 0. The van der Waals surface area contributed by atoms with E-state index in [1.165, 1.54) is 27.8 Å². The Morgan fingerprint density at radius 3 is 2.10 bits per heavy atom. The van der Waals surface area contributed by atoms with Gasteiger partial charge in [-0.2, -0.15) is 0 Å². The fraction of sp³-hybridized carbons (Fsp3) is 0.500. The van der Waals surface area contributed by atoms with Crippen LogP contribution in [0.25, 0.3) is 5.57 Å². The Balaban J connectivity index is 2.46. The van der Waals surface area contributed by atoms with Gasteiger partial charge in [-0.15, -0.1) is 0 Å². The molecule has 0 saturated heterocycles. The molecule has 0 aliphatic heterocycles. The van der Waals surface area contributed by atoms with Crippen LogP contribution >= 0.6 is 0 Å². The number of nitrogens with one attached hydrogen (secondary N) is 1. The minimum Gasteiger partial charge on any atom is -0.303 e. The molecule has 0 atom stereocenters. The molecule has 0 aromatic heterocycles. The van der Waals surface area contributed by atoms with E-state index < -0.39 is 0 Å². The first-order valence-electron chi connectivity index (χ1n) is 7.86. The SMILES string of the molecule is CC1=CC(C)=C(c2ccccc2C(C)(C)NC(C)(C)C)C1. The second-order valence-corrected chi connectivity index (χ2v) is 7.87. The molecule has 114 valence electrons. The van der Waals surface area contributed by atoms with Gasteiger partial charge >= 0.3 is 0 Å². The van der Waals surface area contributed by atoms with E-state index >= 15 is 0 Å². The average Bonchev–Trinajstić information content (AvgIpc) is 2.65. The first-order valence-corrected chi connectivity index (χ1v) is 7.86. The summed E-state index contributed by atoms with van der Waals surface area (Å²) in [6, 6.07) is 8.84. The van der Waals surface area contributed by atoms with E-state index in [9.17, 15) is 0 Å². The molecule has 0 radical (unpaired) electrons. The molecule has 1 nitrogen and oxygen atoms in total. The van der Waals surface area contributed by atoms with Crippen LogP contribution in [0.2, 0.25) is 0 Å². The van der Waals surface area contributed by atoms with Crippen molar-refractivity contribution < 1.29 is 0 Å². The average molecular weight is 283 g/mol. The molecule has 0 bridgehead atoms. The van der Waals surface area contributed by atoms with Crippen LogP contribution in [0.1, 0.15) is 66.0 Å². The largest absolute Gasteiger partial charge is 0.303 e. The van der Waals surface area contributed by atoms with Crippen LogP contribution in [0.4, 0.5) is 0 Å². The van der Waals surface area contributed by atoms with Gasteiger partial charge in [0.1, 0.15) is 0 Å². The summed E-state index contributed by atoms with van der Waals surface area (Å²) in [6.45, 7) is 15.7. The van der Waals surface area contributed by atoms with Crippen LogP contribution in [0.5, 0.6) is 0 Å². The summed E-state index contributed by atoms with van der Waals surface area (Å²) in [7, 11) is 0.